The van der Waals surface area contributed by atoms with Crippen LogP contribution >= 0.6 is 0 Å². The van der Waals surface area contributed by atoms with E-state index in [-0.39, 0.29) is 12.0 Å². The number of piperidine rings is 1. The van der Waals surface area contributed by atoms with Crippen molar-refractivity contribution in [1.29, 1.82) is 0 Å². The molecule has 2 unspecified atom stereocenters. The molecule has 1 heterocycles. The highest BCUT2D eigenvalue weighted by atomic mass is 16.5. The molecular formula is C12H20N2O2. The van der Waals surface area contributed by atoms with Crippen LogP contribution in [-0.4, -0.2) is 42.6 Å². The molecule has 1 aliphatic rings. The van der Waals surface area contributed by atoms with Crippen LogP contribution in [0.5, 0.6) is 0 Å². The van der Waals surface area contributed by atoms with Crippen LogP contribution in [0.25, 0.3) is 0 Å². The third kappa shape index (κ3) is 3.51. The first-order valence-electron chi connectivity index (χ1n) is 5.78. The molecule has 0 saturated carbocycles. The molecule has 0 spiro atoms. The Morgan fingerprint density at radius 2 is 2.50 bits per heavy atom. The molecule has 90 valence electrons. The summed E-state index contributed by atoms with van der Waals surface area (Å²) in [5.74, 6) is 2.37. The van der Waals surface area contributed by atoms with Crippen LogP contribution in [-0.2, 0) is 9.53 Å². The molecule has 1 fully saturated rings. The number of amides is 1. The molecule has 4 heteroatoms. The highest BCUT2D eigenvalue weighted by Crippen LogP contribution is 2.14. The molecule has 4 nitrogen and oxygen atoms in total. The lowest BCUT2D eigenvalue weighted by molar-refractivity contribution is -0.136. The van der Waals surface area contributed by atoms with Crippen LogP contribution in [0.15, 0.2) is 0 Å². The number of hydrogen-bond donors (Lipinski definition) is 1. The molecule has 1 amide bonds. The van der Waals surface area contributed by atoms with E-state index in [2.05, 4.69) is 5.92 Å². The van der Waals surface area contributed by atoms with Crippen molar-refractivity contribution in [2.75, 3.05) is 19.7 Å². The molecular weight excluding hydrogens is 204 g/mol. The Balaban J connectivity index is 2.47. The average Bonchev–Trinajstić information content (AvgIpc) is 2.29. The Bertz CT molecular complexity index is 271. The molecule has 2 atom stereocenters. The van der Waals surface area contributed by atoms with Crippen LogP contribution in [0.4, 0.5) is 0 Å². The zero-order valence-electron chi connectivity index (χ0n) is 9.82. The first kappa shape index (κ1) is 13.0. The van der Waals surface area contributed by atoms with Crippen molar-refractivity contribution in [3.63, 3.8) is 0 Å². The zero-order chi connectivity index (χ0) is 12.0. The second-order valence-corrected chi connectivity index (χ2v) is 4.02. The fraction of sp³-hybridized carbons (Fsp3) is 0.750. The normalized spacial score (nSPS) is 22.6. The number of hydrogen-bond acceptors (Lipinski definition) is 3. The predicted molar refractivity (Wildman–Crippen MR) is 62.7 cm³/mol. The molecule has 0 bridgehead atoms. The summed E-state index contributed by atoms with van der Waals surface area (Å²) in [4.78, 5) is 13.7. The van der Waals surface area contributed by atoms with Gasteiger partial charge in [0.1, 0.15) is 0 Å². The summed E-state index contributed by atoms with van der Waals surface area (Å²) in [5, 5.41) is 0. The third-order valence-electron chi connectivity index (χ3n) is 2.75. The maximum atomic E-state index is 11.9. The molecule has 0 aromatic rings. The lowest BCUT2D eigenvalue weighted by atomic mass is 10.1. The minimum absolute atomic E-state index is 0.0534. The molecule has 0 radical (unpaired) electrons. The zero-order valence-corrected chi connectivity index (χ0v) is 9.82. The highest BCUT2D eigenvalue weighted by Gasteiger charge is 2.26. The standard InChI is InChI=1S/C12H20N2O2/c1-3-6-11(13)12(15)14-8-5-7-10(9-14)16-4-2/h1,10-11H,4-9,13H2,2H3. The van der Waals surface area contributed by atoms with Gasteiger partial charge in [-0.05, 0) is 19.8 Å². The molecule has 0 aromatic carbocycles. The van der Waals surface area contributed by atoms with Crippen LogP contribution in [0.1, 0.15) is 26.2 Å². The van der Waals surface area contributed by atoms with Gasteiger partial charge in [0, 0.05) is 26.1 Å². The number of carbonyl (C=O) groups is 1. The summed E-state index contributed by atoms with van der Waals surface area (Å²) in [6.07, 6.45) is 7.59. The monoisotopic (exact) mass is 224 g/mol. The highest BCUT2D eigenvalue weighted by molar-refractivity contribution is 5.82. The maximum Gasteiger partial charge on any atom is 0.240 e. The van der Waals surface area contributed by atoms with Crippen LogP contribution in [0.3, 0.4) is 0 Å². The van der Waals surface area contributed by atoms with Gasteiger partial charge in [-0.15, -0.1) is 12.3 Å². The van der Waals surface area contributed by atoms with Crippen molar-refractivity contribution < 1.29 is 9.53 Å². The number of ether oxygens (including phenoxy) is 1. The van der Waals surface area contributed by atoms with Gasteiger partial charge in [0.25, 0.3) is 0 Å². The van der Waals surface area contributed by atoms with E-state index in [0.717, 1.165) is 19.4 Å². The molecule has 1 rings (SSSR count). The first-order valence-corrected chi connectivity index (χ1v) is 5.78. The summed E-state index contributed by atoms with van der Waals surface area (Å²) in [6, 6.07) is -0.564. The van der Waals surface area contributed by atoms with Crippen molar-refractivity contribution in [1.82, 2.24) is 4.90 Å². The number of rotatable bonds is 4. The quantitative estimate of drug-likeness (QED) is 0.702. The van der Waals surface area contributed by atoms with E-state index in [0.29, 0.717) is 19.6 Å². The van der Waals surface area contributed by atoms with Gasteiger partial charge >= 0.3 is 0 Å². The van der Waals surface area contributed by atoms with Gasteiger partial charge in [0.15, 0.2) is 0 Å². The van der Waals surface area contributed by atoms with Gasteiger partial charge in [-0.1, -0.05) is 0 Å². The van der Waals surface area contributed by atoms with Crippen molar-refractivity contribution in [3.05, 3.63) is 0 Å². The molecule has 2 N–H and O–H groups in total. The molecule has 16 heavy (non-hydrogen) atoms. The second-order valence-electron chi connectivity index (χ2n) is 4.02. The van der Waals surface area contributed by atoms with Gasteiger partial charge in [0.2, 0.25) is 5.91 Å². The van der Waals surface area contributed by atoms with E-state index < -0.39 is 6.04 Å². The largest absolute Gasteiger partial charge is 0.377 e. The van der Waals surface area contributed by atoms with Gasteiger partial charge in [-0.25, -0.2) is 0 Å². The van der Waals surface area contributed by atoms with E-state index in [4.69, 9.17) is 16.9 Å². The number of nitrogens with zero attached hydrogens (tertiary/aromatic N) is 1. The molecule has 1 aliphatic heterocycles. The summed E-state index contributed by atoms with van der Waals surface area (Å²) < 4.78 is 5.53. The van der Waals surface area contributed by atoms with E-state index in [1.807, 2.05) is 6.92 Å². The topological polar surface area (TPSA) is 55.6 Å². The summed E-state index contributed by atoms with van der Waals surface area (Å²) in [6.45, 7) is 4.06. The predicted octanol–water partition coefficient (Wildman–Crippen LogP) is 0.364. The summed E-state index contributed by atoms with van der Waals surface area (Å²) >= 11 is 0. The second kappa shape index (κ2) is 6.51. The van der Waals surface area contributed by atoms with Gasteiger partial charge in [0.05, 0.1) is 12.1 Å². The minimum Gasteiger partial charge on any atom is -0.377 e. The van der Waals surface area contributed by atoms with E-state index in [9.17, 15) is 4.79 Å². The lowest BCUT2D eigenvalue weighted by Gasteiger charge is -2.33. The summed E-state index contributed by atoms with van der Waals surface area (Å²) in [5.41, 5.74) is 5.70. The smallest absolute Gasteiger partial charge is 0.240 e. The molecule has 1 saturated heterocycles. The van der Waals surface area contributed by atoms with Crippen molar-refractivity contribution in [2.45, 2.75) is 38.3 Å². The third-order valence-corrected chi connectivity index (χ3v) is 2.75. The fourth-order valence-corrected chi connectivity index (χ4v) is 1.96. The van der Waals surface area contributed by atoms with Crippen LogP contribution in [0, 0.1) is 12.3 Å². The Morgan fingerprint density at radius 3 is 3.12 bits per heavy atom. The van der Waals surface area contributed by atoms with Crippen LogP contribution < -0.4 is 5.73 Å². The maximum absolute atomic E-state index is 11.9. The lowest BCUT2D eigenvalue weighted by Crippen LogP contribution is -2.49. The van der Waals surface area contributed by atoms with E-state index in [1.54, 1.807) is 4.90 Å². The molecule has 0 aromatic heterocycles. The first-order chi connectivity index (χ1) is 7.69. The Morgan fingerprint density at radius 1 is 1.75 bits per heavy atom. The van der Waals surface area contributed by atoms with Crippen molar-refractivity contribution in [3.8, 4) is 12.3 Å². The van der Waals surface area contributed by atoms with Gasteiger partial charge in [-0.2, -0.15) is 0 Å². The fourth-order valence-electron chi connectivity index (χ4n) is 1.96. The average molecular weight is 224 g/mol. The van der Waals surface area contributed by atoms with E-state index >= 15 is 0 Å². The Labute approximate surface area is 97.1 Å². The SMILES string of the molecule is C#CCC(N)C(=O)N1CCCC(OCC)C1. The summed E-state index contributed by atoms with van der Waals surface area (Å²) in [7, 11) is 0. The van der Waals surface area contributed by atoms with Gasteiger partial charge < -0.3 is 15.4 Å². The Hall–Kier alpha value is -1.05. The number of likely N-dealkylation sites (tertiary alicyclic amines) is 1. The Kier molecular flexibility index (Phi) is 5.30. The van der Waals surface area contributed by atoms with Crippen molar-refractivity contribution in [2.24, 2.45) is 5.73 Å². The number of nitrogens with two attached hydrogens (primary N) is 1. The van der Waals surface area contributed by atoms with E-state index in [1.165, 1.54) is 0 Å². The molecule has 0 aliphatic carbocycles. The minimum atomic E-state index is -0.564. The van der Waals surface area contributed by atoms with Gasteiger partial charge in [-0.3, -0.25) is 4.79 Å². The number of carbonyl (C=O) groups excluding carboxylic acids is 1. The number of terminal acetylenes is 1. The van der Waals surface area contributed by atoms with Crippen molar-refractivity contribution >= 4 is 5.91 Å². The van der Waals surface area contributed by atoms with Crippen LogP contribution in [0.2, 0.25) is 0 Å².